The minimum atomic E-state index is 0.662. The highest BCUT2D eigenvalue weighted by Crippen LogP contribution is 2.35. The van der Waals surface area contributed by atoms with Crippen LogP contribution in [-0.2, 0) is 0 Å². The van der Waals surface area contributed by atoms with Gasteiger partial charge < -0.3 is 9.73 Å². The van der Waals surface area contributed by atoms with E-state index >= 15 is 0 Å². The fourth-order valence-corrected chi connectivity index (χ4v) is 3.98. The summed E-state index contributed by atoms with van der Waals surface area (Å²) in [5.41, 5.74) is 3.67. The van der Waals surface area contributed by atoms with Crippen LogP contribution in [0.5, 0.6) is 0 Å². The van der Waals surface area contributed by atoms with Crippen LogP contribution >= 0.6 is 11.6 Å². The third kappa shape index (κ3) is 4.60. The molecule has 3 heterocycles. The highest BCUT2D eigenvalue weighted by atomic mass is 35.5. The number of nitrogens with zero attached hydrogens (tertiary/aromatic N) is 3. The van der Waals surface area contributed by atoms with E-state index < -0.39 is 0 Å². The summed E-state index contributed by atoms with van der Waals surface area (Å²) in [5.74, 6) is 2.39. The lowest BCUT2D eigenvalue weighted by Gasteiger charge is -2.09. The molecule has 5 nitrogen and oxygen atoms in total. The Morgan fingerprint density at radius 3 is 2.65 bits per heavy atom. The van der Waals surface area contributed by atoms with Crippen molar-refractivity contribution in [2.45, 2.75) is 32.6 Å². The van der Waals surface area contributed by atoms with E-state index in [1.807, 2.05) is 48.5 Å². The van der Waals surface area contributed by atoms with Gasteiger partial charge in [-0.15, -0.1) is 0 Å². The molecule has 1 N–H and O–H groups in total. The Morgan fingerprint density at radius 2 is 1.81 bits per heavy atom. The quantitative estimate of drug-likeness (QED) is 0.285. The molecule has 0 aliphatic heterocycles. The number of nitrogens with one attached hydrogen (secondary N) is 1. The van der Waals surface area contributed by atoms with E-state index in [-0.39, 0.29) is 0 Å². The molecule has 0 unspecified atom stereocenters. The van der Waals surface area contributed by atoms with E-state index in [0.717, 1.165) is 72.9 Å². The van der Waals surface area contributed by atoms with Crippen molar-refractivity contribution in [1.82, 2.24) is 9.38 Å². The Kier molecular flexibility index (Phi) is 6.59. The molecule has 3 aromatic heterocycles. The molecule has 0 spiro atoms. The monoisotopic (exact) mass is 433 g/mol. The number of hydrogen-bond acceptors (Lipinski definition) is 3. The standard InChI is InChI=1S/C25H26ClN4O/c1-18-10-9-13-23-29-24(25(30(18)23)28-17-8-4-3-7-16-27-2)22-15-14-21(31-22)19-11-5-6-12-20(19)26/h2,5-6,9-15,28H,3-4,7-8,16-17H2,1H3/q+1. The van der Waals surface area contributed by atoms with Crippen LogP contribution in [0.2, 0.25) is 5.02 Å². The number of halogens is 1. The van der Waals surface area contributed by atoms with Crippen molar-refractivity contribution < 1.29 is 4.42 Å². The normalized spacial score (nSPS) is 11.0. The van der Waals surface area contributed by atoms with Crippen LogP contribution in [0.25, 0.3) is 33.3 Å². The largest absolute Gasteiger partial charge is 0.454 e. The van der Waals surface area contributed by atoms with Crippen molar-refractivity contribution >= 4 is 23.1 Å². The average Bonchev–Trinajstić information content (AvgIpc) is 3.39. The zero-order valence-corrected chi connectivity index (χ0v) is 18.4. The van der Waals surface area contributed by atoms with Crippen molar-refractivity contribution in [1.29, 1.82) is 0 Å². The maximum absolute atomic E-state index is 6.36. The number of hydrogen-bond donors (Lipinski definition) is 1. The number of pyridine rings is 1. The van der Waals surface area contributed by atoms with E-state index in [1.165, 1.54) is 0 Å². The third-order valence-corrected chi connectivity index (χ3v) is 5.65. The lowest BCUT2D eigenvalue weighted by Crippen LogP contribution is -2.06. The molecule has 0 saturated carbocycles. The van der Waals surface area contributed by atoms with Crippen LogP contribution < -0.4 is 5.32 Å². The van der Waals surface area contributed by atoms with Crippen LogP contribution in [0.4, 0.5) is 5.82 Å². The van der Waals surface area contributed by atoms with Crippen LogP contribution in [0, 0.1) is 13.5 Å². The van der Waals surface area contributed by atoms with Crippen molar-refractivity contribution in [3.05, 3.63) is 70.2 Å². The number of rotatable bonds is 9. The predicted octanol–water partition coefficient (Wildman–Crippen LogP) is 7.16. The van der Waals surface area contributed by atoms with Gasteiger partial charge in [0, 0.05) is 24.2 Å². The molecular formula is C25H26ClN4O+. The molecule has 0 saturated heterocycles. The van der Waals surface area contributed by atoms with E-state index in [4.69, 9.17) is 27.6 Å². The summed E-state index contributed by atoms with van der Waals surface area (Å²) in [7, 11) is 0. The maximum atomic E-state index is 6.36. The summed E-state index contributed by atoms with van der Waals surface area (Å²) in [6, 6.07) is 17.7. The third-order valence-electron chi connectivity index (χ3n) is 5.32. The number of aromatic nitrogens is 2. The summed E-state index contributed by atoms with van der Waals surface area (Å²) in [5, 5.41) is 4.26. The average molecular weight is 434 g/mol. The SMILES string of the molecule is C#[N+]CCCCCCNc1c(-c2ccc(-c3ccccc3Cl)o2)nc2cccc(C)n12. The molecule has 31 heavy (non-hydrogen) atoms. The Balaban J connectivity index is 1.61. The van der Waals surface area contributed by atoms with Gasteiger partial charge in [0.05, 0.1) is 5.02 Å². The smallest absolute Gasteiger partial charge is 0.263 e. The summed E-state index contributed by atoms with van der Waals surface area (Å²) in [4.78, 5) is 8.53. The molecule has 4 aromatic rings. The van der Waals surface area contributed by atoms with E-state index in [2.05, 4.69) is 27.6 Å². The number of imidazole rings is 1. The first-order valence-corrected chi connectivity index (χ1v) is 11.0. The molecule has 6 heteroatoms. The van der Waals surface area contributed by atoms with Crippen molar-refractivity contribution in [3.8, 4) is 29.4 Å². The number of anilines is 1. The van der Waals surface area contributed by atoms with Gasteiger partial charge in [-0.25, -0.2) is 4.98 Å². The first-order valence-electron chi connectivity index (χ1n) is 10.6. The molecule has 0 bridgehead atoms. The second-order valence-corrected chi connectivity index (χ2v) is 7.97. The molecule has 158 valence electrons. The summed E-state index contributed by atoms with van der Waals surface area (Å²) >= 11 is 6.36. The lowest BCUT2D eigenvalue weighted by atomic mass is 10.2. The Bertz CT molecular complexity index is 1220. The number of aryl methyl sites for hydroxylation is 1. The minimum Gasteiger partial charge on any atom is -0.454 e. The second-order valence-electron chi connectivity index (χ2n) is 7.56. The number of benzene rings is 1. The molecule has 0 aliphatic carbocycles. The van der Waals surface area contributed by atoms with Gasteiger partial charge in [-0.2, -0.15) is 0 Å². The van der Waals surface area contributed by atoms with Gasteiger partial charge in [0.15, 0.2) is 5.76 Å². The Hall–Kier alpha value is -3.23. The van der Waals surface area contributed by atoms with Gasteiger partial charge >= 0.3 is 0 Å². The summed E-state index contributed by atoms with van der Waals surface area (Å²) < 4.78 is 8.34. The minimum absolute atomic E-state index is 0.662. The highest BCUT2D eigenvalue weighted by molar-refractivity contribution is 6.33. The van der Waals surface area contributed by atoms with Gasteiger partial charge in [0.1, 0.15) is 22.9 Å². The maximum Gasteiger partial charge on any atom is 0.263 e. The first-order chi connectivity index (χ1) is 15.2. The van der Waals surface area contributed by atoms with Crippen molar-refractivity contribution in [2.24, 2.45) is 0 Å². The first kappa shape index (κ1) is 21.0. The molecule has 1 aromatic carbocycles. The Morgan fingerprint density at radius 1 is 1.00 bits per heavy atom. The van der Waals surface area contributed by atoms with Gasteiger partial charge in [0.2, 0.25) is 0 Å². The number of fused-ring (bicyclic) bond motifs is 1. The van der Waals surface area contributed by atoms with E-state index in [1.54, 1.807) is 0 Å². The highest BCUT2D eigenvalue weighted by Gasteiger charge is 2.19. The summed E-state index contributed by atoms with van der Waals surface area (Å²) in [6.45, 7) is 8.87. The lowest BCUT2D eigenvalue weighted by molar-refractivity contribution is 0.595. The van der Waals surface area contributed by atoms with Crippen LogP contribution in [0.3, 0.4) is 0 Å². The van der Waals surface area contributed by atoms with Crippen LogP contribution in [0.15, 0.2) is 59.0 Å². The van der Waals surface area contributed by atoms with Gasteiger partial charge in [-0.05, 0) is 56.2 Å². The topological polar surface area (TPSA) is 46.8 Å². The predicted molar refractivity (Wildman–Crippen MR) is 128 cm³/mol. The fraction of sp³-hybridized carbons (Fsp3) is 0.280. The van der Waals surface area contributed by atoms with Gasteiger partial charge in [0.25, 0.3) is 13.1 Å². The van der Waals surface area contributed by atoms with Gasteiger partial charge in [-0.1, -0.05) is 41.1 Å². The van der Waals surface area contributed by atoms with Crippen LogP contribution in [-0.4, -0.2) is 22.5 Å². The number of furan rings is 1. The molecular weight excluding hydrogens is 408 g/mol. The number of unbranched alkanes of at least 4 members (excludes halogenated alkanes) is 3. The molecule has 0 fully saturated rings. The second kappa shape index (κ2) is 9.72. The van der Waals surface area contributed by atoms with Crippen molar-refractivity contribution in [2.75, 3.05) is 18.4 Å². The van der Waals surface area contributed by atoms with E-state index in [9.17, 15) is 0 Å². The molecule has 0 radical (unpaired) electrons. The molecule has 0 amide bonds. The molecule has 0 atom stereocenters. The fourth-order valence-electron chi connectivity index (χ4n) is 3.75. The van der Waals surface area contributed by atoms with Crippen LogP contribution in [0.1, 0.15) is 31.4 Å². The molecule has 4 rings (SSSR count). The zero-order valence-electron chi connectivity index (χ0n) is 17.6. The molecule has 0 aliphatic rings. The zero-order chi connectivity index (χ0) is 21.6. The van der Waals surface area contributed by atoms with Gasteiger partial charge in [-0.3, -0.25) is 4.40 Å². The van der Waals surface area contributed by atoms with E-state index in [0.29, 0.717) is 10.8 Å². The van der Waals surface area contributed by atoms with Crippen molar-refractivity contribution in [3.63, 3.8) is 0 Å². The summed E-state index contributed by atoms with van der Waals surface area (Å²) in [6.07, 6.45) is 4.35. The Labute approximate surface area is 187 Å².